The Balaban J connectivity index is 1.63. The van der Waals surface area contributed by atoms with Gasteiger partial charge in [0.05, 0.1) is 19.6 Å². The molecule has 1 fully saturated rings. The zero-order valence-electron chi connectivity index (χ0n) is 11.5. The summed E-state index contributed by atoms with van der Waals surface area (Å²) in [6.07, 6.45) is 1.85. The fraction of sp³-hybridized carbons (Fsp3) is 0.357. The van der Waals surface area contributed by atoms with Gasteiger partial charge < -0.3 is 15.0 Å². The topological polar surface area (TPSA) is 67.4 Å². The summed E-state index contributed by atoms with van der Waals surface area (Å²) in [7, 11) is 0. The van der Waals surface area contributed by atoms with Gasteiger partial charge in [0.25, 0.3) is 0 Å². The molecule has 6 nitrogen and oxygen atoms in total. The monoisotopic (exact) mass is 304 g/mol. The number of carbonyl (C=O) groups excluding carboxylic acids is 1. The Hall–Kier alpha value is -1.99. The molecule has 2 aromatic rings. The number of rotatable bonds is 4. The van der Waals surface area contributed by atoms with E-state index in [1.165, 1.54) is 6.33 Å². The van der Waals surface area contributed by atoms with Crippen molar-refractivity contribution in [2.75, 3.05) is 36.5 Å². The Morgan fingerprint density at radius 1 is 1.38 bits per heavy atom. The third-order valence-electron chi connectivity index (χ3n) is 3.17. The van der Waals surface area contributed by atoms with E-state index >= 15 is 0 Å². The van der Waals surface area contributed by atoms with Gasteiger partial charge in [-0.1, -0.05) is 6.07 Å². The lowest BCUT2D eigenvalue weighted by Gasteiger charge is -2.27. The minimum Gasteiger partial charge on any atom is -0.378 e. The van der Waals surface area contributed by atoms with Gasteiger partial charge in [-0.2, -0.15) is 0 Å². The molecule has 1 saturated heterocycles. The van der Waals surface area contributed by atoms with Crippen molar-refractivity contribution in [3.05, 3.63) is 34.8 Å². The van der Waals surface area contributed by atoms with Gasteiger partial charge in [0.2, 0.25) is 5.91 Å². The molecule has 1 aliphatic heterocycles. The summed E-state index contributed by atoms with van der Waals surface area (Å²) < 4.78 is 5.32. The fourth-order valence-corrected chi connectivity index (χ4v) is 2.84. The van der Waals surface area contributed by atoms with Crippen LogP contribution >= 0.6 is 11.3 Å². The maximum Gasteiger partial charge on any atom is 0.230 e. The number of nitrogens with zero attached hydrogens (tertiary/aromatic N) is 3. The van der Waals surface area contributed by atoms with Crippen molar-refractivity contribution in [1.82, 2.24) is 9.97 Å². The quantitative estimate of drug-likeness (QED) is 0.928. The molecule has 2 aromatic heterocycles. The van der Waals surface area contributed by atoms with E-state index in [1.807, 2.05) is 17.5 Å². The lowest BCUT2D eigenvalue weighted by atomic mass is 10.3. The summed E-state index contributed by atoms with van der Waals surface area (Å²) in [5.74, 6) is 1.29. The number of thiophene rings is 1. The number of hydrogen-bond donors (Lipinski definition) is 1. The Kier molecular flexibility index (Phi) is 4.42. The minimum atomic E-state index is -0.0657. The number of ether oxygens (including phenoxy) is 1. The van der Waals surface area contributed by atoms with E-state index in [-0.39, 0.29) is 5.91 Å². The first-order chi connectivity index (χ1) is 10.3. The zero-order valence-corrected chi connectivity index (χ0v) is 12.3. The molecule has 1 amide bonds. The Morgan fingerprint density at radius 3 is 3.00 bits per heavy atom. The molecular weight excluding hydrogens is 288 g/mol. The molecule has 0 aromatic carbocycles. The molecule has 0 spiro atoms. The molecule has 0 atom stereocenters. The highest BCUT2D eigenvalue weighted by atomic mass is 32.1. The number of carbonyl (C=O) groups is 1. The van der Waals surface area contributed by atoms with Crippen LogP contribution in [0.4, 0.5) is 11.6 Å². The van der Waals surface area contributed by atoms with Crippen molar-refractivity contribution in [1.29, 1.82) is 0 Å². The Morgan fingerprint density at radius 2 is 2.24 bits per heavy atom. The second kappa shape index (κ2) is 6.64. The van der Waals surface area contributed by atoms with Crippen LogP contribution in [0.2, 0.25) is 0 Å². The van der Waals surface area contributed by atoms with E-state index in [1.54, 1.807) is 17.4 Å². The number of morpholine rings is 1. The van der Waals surface area contributed by atoms with Gasteiger partial charge in [0.1, 0.15) is 18.0 Å². The van der Waals surface area contributed by atoms with E-state index in [0.717, 1.165) is 23.8 Å². The third kappa shape index (κ3) is 3.77. The standard InChI is InChI=1S/C14H16N4O2S/c19-14(8-11-2-1-7-21-11)17-12-9-13(16-10-15-12)18-3-5-20-6-4-18/h1-2,7,9-10H,3-6,8H2,(H,15,16,17,19). The number of anilines is 2. The summed E-state index contributed by atoms with van der Waals surface area (Å²) in [6.45, 7) is 3.01. The predicted molar refractivity (Wildman–Crippen MR) is 81.7 cm³/mol. The first kappa shape index (κ1) is 14.0. The number of amides is 1. The van der Waals surface area contributed by atoms with Gasteiger partial charge >= 0.3 is 0 Å². The molecule has 0 aliphatic carbocycles. The van der Waals surface area contributed by atoms with Gasteiger partial charge in [-0.15, -0.1) is 11.3 Å². The van der Waals surface area contributed by atoms with E-state index in [4.69, 9.17) is 4.74 Å². The molecule has 110 valence electrons. The van der Waals surface area contributed by atoms with E-state index in [0.29, 0.717) is 25.5 Å². The van der Waals surface area contributed by atoms with Crippen molar-refractivity contribution >= 4 is 28.9 Å². The molecule has 0 saturated carbocycles. The highest BCUT2D eigenvalue weighted by molar-refractivity contribution is 7.10. The molecular formula is C14H16N4O2S. The van der Waals surface area contributed by atoms with Crippen LogP contribution in [0.1, 0.15) is 4.88 Å². The van der Waals surface area contributed by atoms with Crippen molar-refractivity contribution in [2.45, 2.75) is 6.42 Å². The first-order valence-electron chi connectivity index (χ1n) is 6.78. The molecule has 0 radical (unpaired) electrons. The smallest absolute Gasteiger partial charge is 0.230 e. The summed E-state index contributed by atoms with van der Waals surface area (Å²) in [6, 6.07) is 5.69. The SMILES string of the molecule is O=C(Cc1cccs1)Nc1cc(N2CCOCC2)ncn1. The average Bonchev–Trinajstić information content (AvgIpc) is 3.01. The van der Waals surface area contributed by atoms with E-state index in [2.05, 4.69) is 20.2 Å². The van der Waals surface area contributed by atoms with Crippen molar-refractivity contribution < 1.29 is 9.53 Å². The minimum absolute atomic E-state index is 0.0657. The van der Waals surface area contributed by atoms with Crippen molar-refractivity contribution in [2.24, 2.45) is 0 Å². The molecule has 1 N–H and O–H groups in total. The maximum absolute atomic E-state index is 12.0. The highest BCUT2D eigenvalue weighted by Crippen LogP contribution is 2.16. The van der Waals surface area contributed by atoms with Crippen LogP contribution < -0.4 is 10.2 Å². The van der Waals surface area contributed by atoms with Crippen LogP contribution in [0.15, 0.2) is 29.9 Å². The van der Waals surface area contributed by atoms with Crippen LogP contribution in [-0.4, -0.2) is 42.2 Å². The molecule has 1 aliphatic rings. The van der Waals surface area contributed by atoms with Crippen LogP contribution in [0.25, 0.3) is 0 Å². The summed E-state index contributed by atoms with van der Waals surface area (Å²) in [5, 5.41) is 4.78. The normalized spacial score (nSPS) is 15.0. The summed E-state index contributed by atoms with van der Waals surface area (Å²) >= 11 is 1.57. The zero-order chi connectivity index (χ0) is 14.5. The van der Waals surface area contributed by atoms with Gasteiger partial charge in [0.15, 0.2) is 0 Å². The van der Waals surface area contributed by atoms with E-state index < -0.39 is 0 Å². The Bertz CT molecular complexity index is 597. The molecule has 0 bridgehead atoms. The predicted octanol–water partition coefficient (Wildman–Crippen LogP) is 1.56. The lowest BCUT2D eigenvalue weighted by Crippen LogP contribution is -2.36. The summed E-state index contributed by atoms with van der Waals surface area (Å²) in [5.41, 5.74) is 0. The largest absolute Gasteiger partial charge is 0.378 e. The fourth-order valence-electron chi connectivity index (χ4n) is 2.14. The van der Waals surface area contributed by atoms with Crippen molar-refractivity contribution in [3.63, 3.8) is 0 Å². The first-order valence-corrected chi connectivity index (χ1v) is 7.66. The van der Waals surface area contributed by atoms with Crippen molar-refractivity contribution in [3.8, 4) is 0 Å². The van der Waals surface area contributed by atoms with Crippen LogP contribution in [0, 0.1) is 0 Å². The Labute approximate surface area is 126 Å². The molecule has 3 heterocycles. The molecule has 0 unspecified atom stereocenters. The number of aromatic nitrogens is 2. The molecule has 21 heavy (non-hydrogen) atoms. The second-order valence-electron chi connectivity index (χ2n) is 4.67. The van der Waals surface area contributed by atoms with Crippen LogP contribution in [-0.2, 0) is 16.0 Å². The van der Waals surface area contributed by atoms with Gasteiger partial charge in [-0.05, 0) is 11.4 Å². The van der Waals surface area contributed by atoms with Crippen LogP contribution in [0.3, 0.4) is 0 Å². The third-order valence-corrected chi connectivity index (χ3v) is 4.05. The van der Waals surface area contributed by atoms with Crippen LogP contribution in [0.5, 0.6) is 0 Å². The number of nitrogens with one attached hydrogen (secondary N) is 1. The van der Waals surface area contributed by atoms with Gasteiger partial charge in [0, 0.05) is 24.0 Å². The van der Waals surface area contributed by atoms with E-state index in [9.17, 15) is 4.79 Å². The maximum atomic E-state index is 12.0. The summed E-state index contributed by atoms with van der Waals surface area (Å²) in [4.78, 5) is 23.5. The second-order valence-corrected chi connectivity index (χ2v) is 5.70. The molecule has 3 rings (SSSR count). The highest BCUT2D eigenvalue weighted by Gasteiger charge is 2.14. The molecule has 7 heteroatoms. The van der Waals surface area contributed by atoms with Gasteiger partial charge in [-0.25, -0.2) is 9.97 Å². The average molecular weight is 304 g/mol. The number of hydrogen-bond acceptors (Lipinski definition) is 6. The van der Waals surface area contributed by atoms with Gasteiger partial charge in [-0.3, -0.25) is 4.79 Å². The lowest BCUT2D eigenvalue weighted by molar-refractivity contribution is -0.115.